The highest BCUT2D eigenvalue weighted by molar-refractivity contribution is 7.96. The Morgan fingerprint density at radius 3 is 2.27 bits per heavy atom. The number of anilines is 3. The third-order valence-corrected chi connectivity index (χ3v) is 8.36. The molecule has 0 spiro atoms. The number of halogens is 2. The minimum absolute atomic E-state index is 0.0780. The minimum Gasteiger partial charge on any atom is -0.465 e. The van der Waals surface area contributed by atoms with E-state index in [1.165, 1.54) is 6.20 Å². The van der Waals surface area contributed by atoms with Gasteiger partial charge in [0.05, 0.1) is 34.1 Å². The summed E-state index contributed by atoms with van der Waals surface area (Å²) in [6.45, 7) is 2.41. The van der Waals surface area contributed by atoms with Gasteiger partial charge in [-0.15, -0.1) is 0 Å². The van der Waals surface area contributed by atoms with Gasteiger partial charge in [-0.1, -0.05) is 23.7 Å². The molecule has 0 amide bonds. The van der Waals surface area contributed by atoms with Crippen LogP contribution in [-0.4, -0.2) is 53.7 Å². The molecule has 33 heavy (non-hydrogen) atoms. The third-order valence-electron chi connectivity index (χ3n) is 6.28. The number of hydrogen-bond donors (Lipinski definition) is 0. The zero-order chi connectivity index (χ0) is 23.3. The SMILES string of the molecule is COC(=O)C1=CN(C2CC2)c2cc(N3CCN(c4ccccc4Cl)CC3)c(F)cc2S1(=O)=O. The van der Waals surface area contributed by atoms with Crippen molar-refractivity contribution in [3.8, 4) is 0 Å². The van der Waals surface area contributed by atoms with Crippen molar-refractivity contribution in [2.75, 3.05) is 48.0 Å². The molecule has 2 fully saturated rings. The van der Waals surface area contributed by atoms with Crippen LogP contribution in [-0.2, 0) is 19.4 Å². The van der Waals surface area contributed by atoms with Crippen LogP contribution in [0.3, 0.4) is 0 Å². The Bertz CT molecular complexity index is 1250. The summed E-state index contributed by atoms with van der Waals surface area (Å²) < 4.78 is 46.1. The maximum atomic E-state index is 15.2. The lowest BCUT2D eigenvalue weighted by Crippen LogP contribution is -2.47. The van der Waals surface area contributed by atoms with Crippen molar-refractivity contribution < 1.29 is 22.3 Å². The smallest absolute Gasteiger partial charge is 0.351 e. The first kappa shape index (κ1) is 22.0. The first-order valence-electron chi connectivity index (χ1n) is 10.7. The molecule has 2 heterocycles. The van der Waals surface area contributed by atoms with Crippen LogP contribution in [0.25, 0.3) is 0 Å². The summed E-state index contributed by atoms with van der Waals surface area (Å²) in [7, 11) is -3.06. The largest absolute Gasteiger partial charge is 0.465 e. The predicted molar refractivity (Wildman–Crippen MR) is 125 cm³/mol. The van der Waals surface area contributed by atoms with Crippen LogP contribution in [0.15, 0.2) is 52.4 Å². The summed E-state index contributed by atoms with van der Waals surface area (Å²) in [5.41, 5.74) is 1.69. The summed E-state index contributed by atoms with van der Waals surface area (Å²) in [4.78, 5) is 17.3. The topological polar surface area (TPSA) is 70.2 Å². The molecule has 2 aromatic rings. The van der Waals surface area contributed by atoms with Crippen molar-refractivity contribution in [2.45, 2.75) is 23.8 Å². The Hall–Kier alpha value is -2.78. The molecule has 0 aromatic heterocycles. The Labute approximate surface area is 196 Å². The molecule has 1 saturated heterocycles. The predicted octanol–water partition coefficient (Wildman–Crippen LogP) is 3.58. The Morgan fingerprint density at radius 1 is 1.03 bits per heavy atom. The molecular weight excluding hydrogens is 469 g/mol. The standard InChI is InChI=1S/C23H23ClFN3O4S/c1-32-23(29)22-14-28(15-6-7-15)20-13-19(17(25)12-21(20)33(22,30)31)27-10-8-26(9-11-27)18-5-3-2-4-16(18)24/h2-5,12-15H,6-11H2,1H3. The minimum atomic E-state index is -4.19. The summed E-state index contributed by atoms with van der Waals surface area (Å²) in [6.07, 6.45) is 3.07. The Morgan fingerprint density at radius 2 is 1.67 bits per heavy atom. The van der Waals surface area contributed by atoms with Crippen LogP contribution < -0.4 is 14.7 Å². The molecule has 0 unspecified atom stereocenters. The second kappa shape index (κ2) is 8.22. The third kappa shape index (κ3) is 3.83. The van der Waals surface area contributed by atoms with Crippen molar-refractivity contribution in [2.24, 2.45) is 0 Å². The van der Waals surface area contributed by atoms with Crippen molar-refractivity contribution in [3.05, 3.63) is 58.3 Å². The fourth-order valence-electron chi connectivity index (χ4n) is 4.39. The highest BCUT2D eigenvalue weighted by Gasteiger charge is 2.41. The monoisotopic (exact) mass is 491 g/mol. The number of esters is 1. The van der Waals surface area contributed by atoms with Crippen LogP contribution >= 0.6 is 11.6 Å². The molecular formula is C23H23ClFN3O4S. The lowest BCUT2D eigenvalue weighted by molar-refractivity contribution is -0.135. The molecule has 5 rings (SSSR count). The highest BCUT2D eigenvalue weighted by Crippen LogP contribution is 2.44. The second-order valence-electron chi connectivity index (χ2n) is 8.32. The maximum absolute atomic E-state index is 15.2. The van der Waals surface area contributed by atoms with E-state index in [4.69, 9.17) is 11.6 Å². The number of benzene rings is 2. The molecule has 2 aliphatic heterocycles. The molecule has 0 radical (unpaired) electrons. The van der Waals surface area contributed by atoms with Gasteiger partial charge in [0.1, 0.15) is 5.82 Å². The van der Waals surface area contributed by atoms with Crippen LogP contribution in [0.2, 0.25) is 5.02 Å². The van der Waals surface area contributed by atoms with Crippen LogP contribution in [0.4, 0.5) is 21.5 Å². The van der Waals surface area contributed by atoms with Gasteiger partial charge in [0.2, 0.25) is 9.84 Å². The fraction of sp³-hybridized carbons (Fsp3) is 0.348. The molecule has 174 valence electrons. The van der Waals surface area contributed by atoms with Gasteiger partial charge in [-0.2, -0.15) is 0 Å². The maximum Gasteiger partial charge on any atom is 0.351 e. The normalized spacial score (nSPS) is 19.7. The van der Waals surface area contributed by atoms with Crippen molar-refractivity contribution in [3.63, 3.8) is 0 Å². The Balaban J connectivity index is 1.47. The summed E-state index contributed by atoms with van der Waals surface area (Å²) >= 11 is 6.32. The zero-order valence-corrected chi connectivity index (χ0v) is 19.6. The van der Waals surface area contributed by atoms with E-state index in [2.05, 4.69) is 9.64 Å². The van der Waals surface area contributed by atoms with Gasteiger partial charge in [0, 0.05) is 38.4 Å². The van der Waals surface area contributed by atoms with Gasteiger partial charge in [-0.25, -0.2) is 17.6 Å². The van der Waals surface area contributed by atoms with E-state index in [0.717, 1.165) is 31.7 Å². The van der Waals surface area contributed by atoms with Crippen LogP contribution in [0, 0.1) is 5.82 Å². The average Bonchev–Trinajstić information content (AvgIpc) is 3.65. The summed E-state index contributed by atoms with van der Waals surface area (Å²) in [6, 6.07) is 10.3. The molecule has 10 heteroatoms. The molecule has 3 aliphatic rings. The number of para-hydroxylation sites is 1. The van der Waals surface area contributed by atoms with E-state index in [1.807, 2.05) is 29.2 Å². The zero-order valence-electron chi connectivity index (χ0n) is 18.0. The highest BCUT2D eigenvalue weighted by atomic mass is 35.5. The molecule has 0 atom stereocenters. The van der Waals surface area contributed by atoms with E-state index in [1.54, 1.807) is 11.0 Å². The van der Waals surface area contributed by atoms with Crippen molar-refractivity contribution in [1.29, 1.82) is 0 Å². The lowest BCUT2D eigenvalue weighted by atomic mass is 10.2. The van der Waals surface area contributed by atoms with Gasteiger partial charge >= 0.3 is 5.97 Å². The van der Waals surface area contributed by atoms with Crippen molar-refractivity contribution in [1.82, 2.24) is 0 Å². The average molecular weight is 492 g/mol. The Kier molecular flexibility index (Phi) is 5.49. The summed E-state index contributed by atoms with van der Waals surface area (Å²) in [5, 5.41) is 0.671. The van der Waals surface area contributed by atoms with Gasteiger partial charge < -0.3 is 19.4 Å². The van der Waals surface area contributed by atoms with Crippen molar-refractivity contribution >= 4 is 44.5 Å². The molecule has 1 aliphatic carbocycles. The number of nitrogens with zero attached hydrogens (tertiary/aromatic N) is 3. The quantitative estimate of drug-likeness (QED) is 0.605. The van der Waals surface area contributed by atoms with E-state index in [0.29, 0.717) is 42.6 Å². The number of carbonyl (C=O) groups is 1. The first-order valence-corrected chi connectivity index (χ1v) is 12.6. The fourth-order valence-corrected chi connectivity index (χ4v) is 6.14. The molecule has 0 bridgehead atoms. The number of methoxy groups -OCH3 is 1. The molecule has 0 N–H and O–H groups in total. The van der Waals surface area contributed by atoms with E-state index in [9.17, 15) is 13.2 Å². The number of sulfone groups is 1. The second-order valence-corrected chi connectivity index (χ2v) is 10.6. The van der Waals surface area contributed by atoms with Gasteiger partial charge in [0.15, 0.2) is 4.91 Å². The molecule has 2 aromatic carbocycles. The van der Waals surface area contributed by atoms with E-state index < -0.39 is 26.5 Å². The van der Waals surface area contributed by atoms with Gasteiger partial charge in [-0.3, -0.25) is 0 Å². The van der Waals surface area contributed by atoms with Gasteiger partial charge in [0.25, 0.3) is 0 Å². The number of piperazine rings is 1. The molecule has 1 saturated carbocycles. The lowest BCUT2D eigenvalue weighted by Gasteiger charge is -2.38. The molecule has 7 nitrogen and oxygen atoms in total. The van der Waals surface area contributed by atoms with Crippen LogP contribution in [0.1, 0.15) is 12.8 Å². The number of hydrogen-bond acceptors (Lipinski definition) is 7. The van der Waals surface area contributed by atoms with Crippen LogP contribution in [0.5, 0.6) is 0 Å². The van der Waals surface area contributed by atoms with Gasteiger partial charge in [-0.05, 0) is 37.1 Å². The number of carbonyl (C=O) groups excluding carboxylic acids is 1. The number of rotatable bonds is 4. The van der Waals surface area contributed by atoms with E-state index in [-0.39, 0.29) is 10.9 Å². The first-order chi connectivity index (χ1) is 15.8. The van der Waals surface area contributed by atoms with E-state index >= 15 is 4.39 Å². The number of ether oxygens (including phenoxy) is 1. The number of fused-ring (bicyclic) bond motifs is 1. The summed E-state index contributed by atoms with van der Waals surface area (Å²) in [5.74, 6) is -1.59.